The first-order chi connectivity index (χ1) is 8.70. The van der Waals surface area contributed by atoms with Gasteiger partial charge in [0.15, 0.2) is 0 Å². The number of carboxylic acid groups (broad SMARTS) is 1. The van der Waals surface area contributed by atoms with Crippen molar-refractivity contribution in [2.75, 3.05) is 0 Å². The molecule has 5 nitrogen and oxygen atoms in total. The molecule has 1 unspecified atom stereocenters. The van der Waals surface area contributed by atoms with E-state index < -0.39 is 12.0 Å². The smallest absolute Gasteiger partial charge is 0.305 e. The van der Waals surface area contributed by atoms with Crippen molar-refractivity contribution in [1.29, 1.82) is 0 Å². The maximum atomic E-state index is 12.0. The molecule has 1 rings (SSSR count). The maximum Gasteiger partial charge on any atom is 0.305 e. The highest BCUT2D eigenvalue weighted by Gasteiger charge is 2.28. The van der Waals surface area contributed by atoms with Crippen molar-refractivity contribution < 1.29 is 14.7 Å². The van der Waals surface area contributed by atoms with Crippen LogP contribution >= 0.6 is 15.9 Å². The number of pyridine rings is 1. The lowest BCUT2D eigenvalue weighted by atomic mass is 9.84. The van der Waals surface area contributed by atoms with Gasteiger partial charge in [0.25, 0.3) is 5.91 Å². The van der Waals surface area contributed by atoms with Crippen LogP contribution in [0.1, 0.15) is 37.7 Å². The Kier molecular flexibility index (Phi) is 5.05. The highest BCUT2D eigenvalue weighted by molar-refractivity contribution is 9.10. The van der Waals surface area contributed by atoms with Gasteiger partial charge in [0, 0.05) is 16.7 Å². The van der Waals surface area contributed by atoms with Crippen molar-refractivity contribution in [2.24, 2.45) is 5.41 Å². The summed E-state index contributed by atoms with van der Waals surface area (Å²) in [6, 6.07) is 2.84. The van der Waals surface area contributed by atoms with Gasteiger partial charge in [0.1, 0.15) is 5.69 Å². The Morgan fingerprint density at radius 3 is 2.47 bits per heavy atom. The van der Waals surface area contributed by atoms with Crippen LogP contribution in [-0.4, -0.2) is 28.0 Å². The number of aromatic nitrogens is 1. The second-order valence-corrected chi connectivity index (χ2v) is 6.27. The fraction of sp³-hybridized carbons (Fsp3) is 0.462. The van der Waals surface area contributed by atoms with E-state index >= 15 is 0 Å². The topological polar surface area (TPSA) is 79.3 Å². The van der Waals surface area contributed by atoms with E-state index in [9.17, 15) is 9.59 Å². The zero-order valence-corrected chi connectivity index (χ0v) is 12.7. The normalized spacial score (nSPS) is 12.8. The van der Waals surface area contributed by atoms with E-state index in [1.165, 1.54) is 6.20 Å². The summed E-state index contributed by atoms with van der Waals surface area (Å²) in [5.74, 6) is -1.31. The Bertz CT molecular complexity index is 466. The number of hydrogen-bond donors (Lipinski definition) is 2. The third-order valence-corrected chi connectivity index (χ3v) is 3.16. The number of carbonyl (C=O) groups excluding carboxylic acids is 1. The number of carboxylic acids is 1. The fourth-order valence-corrected chi connectivity index (χ4v) is 1.73. The van der Waals surface area contributed by atoms with Crippen molar-refractivity contribution in [1.82, 2.24) is 10.3 Å². The molecule has 1 amide bonds. The molecule has 1 heterocycles. The van der Waals surface area contributed by atoms with Gasteiger partial charge in [0.2, 0.25) is 0 Å². The van der Waals surface area contributed by atoms with Gasteiger partial charge in [-0.25, -0.2) is 4.98 Å². The minimum absolute atomic E-state index is 0.119. The number of rotatable bonds is 4. The Morgan fingerprint density at radius 1 is 1.42 bits per heavy atom. The molecule has 1 atom stereocenters. The van der Waals surface area contributed by atoms with Gasteiger partial charge in [-0.1, -0.05) is 20.8 Å². The molecule has 2 N–H and O–H groups in total. The van der Waals surface area contributed by atoms with Crippen molar-refractivity contribution >= 4 is 27.8 Å². The predicted molar refractivity (Wildman–Crippen MR) is 74.9 cm³/mol. The van der Waals surface area contributed by atoms with Crippen molar-refractivity contribution in [2.45, 2.75) is 33.2 Å². The summed E-state index contributed by atoms with van der Waals surface area (Å²) in [5, 5.41) is 11.6. The predicted octanol–water partition coefficient (Wildman–Crippen LogP) is 2.46. The van der Waals surface area contributed by atoms with Crippen molar-refractivity contribution in [3.8, 4) is 0 Å². The molecule has 0 aromatic carbocycles. The zero-order valence-electron chi connectivity index (χ0n) is 11.1. The number of aliphatic carboxylic acids is 1. The average molecular weight is 329 g/mol. The largest absolute Gasteiger partial charge is 0.481 e. The summed E-state index contributed by atoms with van der Waals surface area (Å²) < 4.78 is 0.780. The van der Waals surface area contributed by atoms with Crippen molar-refractivity contribution in [3.63, 3.8) is 0 Å². The summed E-state index contributed by atoms with van der Waals surface area (Å²) in [5.41, 5.74) is -0.0773. The van der Waals surface area contributed by atoms with Gasteiger partial charge in [-0.3, -0.25) is 9.59 Å². The maximum absolute atomic E-state index is 12.0. The van der Waals surface area contributed by atoms with Crippen LogP contribution < -0.4 is 5.32 Å². The van der Waals surface area contributed by atoms with E-state index in [1.54, 1.807) is 12.1 Å². The van der Waals surface area contributed by atoms with Gasteiger partial charge < -0.3 is 10.4 Å². The van der Waals surface area contributed by atoms with Crippen LogP contribution in [0.4, 0.5) is 0 Å². The molecule has 0 aliphatic carbocycles. The highest BCUT2D eigenvalue weighted by Crippen LogP contribution is 2.22. The van der Waals surface area contributed by atoms with Gasteiger partial charge in [0.05, 0.1) is 6.42 Å². The SMILES string of the molecule is CC(C)(C)C(CC(=O)O)NC(=O)c1ccc(Br)cn1. The second kappa shape index (κ2) is 6.14. The molecule has 19 heavy (non-hydrogen) atoms. The molecule has 1 aromatic heterocycles. The molecule has 0 saturated carbocycles. The molecule has 0 aliphatic heterocycles. The summed E-state index contributed by atoms with van der Waals surface area (Å²) in [6.07, 6.45) is 1.41. The molecule has 6 heteroatoms. The first kappa shape index (κ1) is 15.6. The molecule has 0 radical (unpaired) electrons. The summed E-state index contributed by atoms with van der Waals surface area (Å²) >= 11 is 3.24. The van der Waals surface area contributed by atoms with E-state index in [2.05, 4.69) is 26.2 Å². The van der Waals surface area contributed by atoms with Crippen LogP contribution in [-0.2, 0) is 4.79 Å². The van der Waals surface area contributed by atoms with Crippen LogP contribution in [0.15, 0.2) is 22.8 Å². The van der Waals surface area contributed by atoms with E-state index in [4.69, 9.17) is 5.11 Å². The van der Waals surface area contributed by atoms with Crippen LogP contribution in [0.25, 0.3) is 0 Å². The number of hydrogen-bond acceptors (Lipinski definition) is 3. The molecule has 104 valence electrons. The highest BCUT2D eigenvalue weighted by atomic mass is 79.9. The molecule has 0 bridgehead atoms. The number of nitrogens with one attached hydrogen (secondary N) is 1. The van der Waals surface area contributed by atoms with Crippen LogP contribution in [0.2, 0.25) is 0 Å². The lowest BCUT2D eigenvalue weighted by Crippen LogP contribution is -2.45. The van der Waals surface area contributed by atoms with Gasteiger partial charge in [-0.15, -0.1) is 0 Å². The standard InChI is InChI=1S/C13H17BrN2O3/c1-13(2,3)10(6-11(17)18)16-12(19)9-5-4-8(14)7-15-9/h4-5,7,10H,6H2,1-3H3,(H,16,19)(H,17,18). The molecule has 0 aliphatic rings. The van der Waals surface area contributed by atoms with Gasteiger partial charge >= 0.3 is 5.97 Å². The Morgan fingerprint density at radius 2 is 2.05 bits per heavy atom. The Hall–Kier alpha value is -1.43. The van der Waals surface area contributed by atoms with E-state index in [0.29, 0.717) is 0 Å². The van der Waals surface area contributed by atoms with E-state index in [0.717, 1.165) is 4.47 Å². The molecule has 1 aromatic rings. The molecule has 0 saturated heterocycles. The van der Waals surface area contributed by atoms with Gasteiger partial charge in [-0.2, -0.15) is 0 Å². The molecular formula is C13H17BrN2O3. The molecule has 0 spiro atoms. The summed E-state index contributed by atoms with van der Waals surface area (Å²) in [7, 11) is 0. The lowest BCUT2D eigenvalue weighted by Gasteiger charge is -2.30. The molecular weight excluding hydrogens is 312 g/mol. The Balaban J connectivity index is 2.81. The van der Waals surface area contributed by atoms with Crippen LogP contribution in [0.5, 0.6) is 0 Å². The van der Waals surface area contributed by atoms with Crippen LogP contribution in [0.3, 0.4) is 0 Å². The number of carbonyl (C=O) groups is 2. The Labute approximate surface area is 120 Å². The fourth-order valence-electron chi connectivity index (χ4n) is 1.49. The van der Waals surface area contributed by atoms with Crippen LogP contribution in [0, 0.1) is 5.41 Å². The average Bonchev–Trinajstić information content (AvgIpc) is 2.27. The summed E-state index contributed by atoms with van der Waals surface area (Å²) in [4.78, 5) is 26.8. The third-order valence-electron chi connectivity index (χ3n) is 2.69. The minimum Gasteiger partial charge on any atom is -0.481 e. The van der Waals surface area contributed by atoms with Gasteiger partial charge in [-0.05, 0) is 33.5 Å². The first-order valence-electron chi connectivity index (χ1n) is 5.84. The first-order valence-corrected chi connectivity index (χ1v) is 6.63. The minimum atomic E-state index is -0.941. The van der Waals surface area contributed by atoms with E-state index in [-0.39, 0.29) is 23.4 Å². The number of nitrogens with zero attached hydrogens (tertiary/aromatic N) is 1. The van der Waals surface area contributed by atoms with Crippen molar-refractivity contribution in [3.05, 3.63) is 28.5 Å². The summed E-state index contributed by atoms with van der Waals surface area (Å²) in [6.45, 7) is 5.65. The molecule has 0 fully saturated rings. The second-order valence-electron chi connectivity index (χ2n) is 5.35. The number of halogens is 1. The lowest BCUT2D eigenvalue weighted by molar-refractivity contribution is -0.138. The monoisotopic (exact) mass is 328 g/mol. The zero-order chi connectivity index (χ0) is 14.6. The van der Waals surface area contributed by atoms with E-state index in [1.807, 2.05) is 20.8 Å². The number of amides is 1. The third kappa shape index (κ3) is 4.98. The quantitative estimate of drug-likeness (QED) is 0.889.